The van der Waals surface area contributed by atoms with Crippen molar-refractivity contribution in [1.29, 1.82) is 0 Å². The molecule has 5 aromatic rings. The predicted molar refractivity (Wildman–Crippen MR) is 158 cm³/mol. The molecule has 2 heterocycles. The van der Waals surface area contributed by atoms with Gasteiger partial charge in [-0.3, -0.25) is 0 Å². The minimum absolute atomic E-state index is 0.106. The van der Waals surface area contributed by atoms with Gasteiger partial charge >= 0.3 is 5.97 Å². The number of para-hydroxylation sites is 1. The molecule has 0 radical (unpaired) electrons. The number of methoxy groups -OCH3 is 2. The molecule has 0 fully saturated rings. The Kier molecular flexibility index (Phi) is 8.11. The molecule has 0 aliphatic carbocycles. The third kappa shape index (κ3) is 5.69. The molecule has 5 rings (SSSR count). The summed E-state index contributed by atoms with van der Waals surface area (Å²) in [6, 6.07) is 19.7. The number of carboxylic acids is 1. The van der Waals surface area contributed by atoms with Crippen LogP contribution in [0.2, 0.25) is 0 Å². The number of rotatable bonds is 10. The summed E-state index contributed by atoms with van der Waals surface area (Å²) < 4.78 is 28.3. The van der Waals surface area contributed by atoms with Crippen molar-refractivity contribution < 1.29 is 23.8 Å². The van der Waals surface area contributed by atoms with Gasteiger partial charge in [0.25, 0.3) is 0 Å². The lowest BCUT2D eigenvalue weighted by Crippen LogP contribution is -2.04. The monoisotopic (exact) mass is 572 g/mol. The van der Waals surface area contributed by atoms with Crippen LogP contribution in [0.15, 0.2) is 76.8 Å². The van der Waals surface area contributed by atoms with Crippen LogP contribution in [0.25, 0.3) is 28.4 Å². The van der Waals surface area contributed by atoms with E-state index in [1.165, 1.54) is 12.1 Å². The van der Waals surface area contributed by atoms with Crippen LogP contribution in [-0.2, 0) is 17.9 Å². The van der Waals surface area contributed by atoms with Gasteiger partial charge in [-0.1, -0.05) is 30.3 Å². The molecule has 10 heteroatoms. The van der Waals surface area contributed by atoms with E-state index in [2.05, 4.69) is 14.8 Å². The van der Waals surface area contributed by atoms with Crippen molar-refractivity contribution in [2.75, 3.05) is 14.2 Å². The lowest BCUT2D eigenvalue weighted by atomic mass is 10.1. The summed E-state index contributed by atoms with van der Waals surface area (Å²) in [6.07, 6.45) is 1.69. The lowest BCUT2D eigenvalue weighted by molar-refractivity contribution is -0.131. The number of nitrogens with zero attached hydrogens (tertiary/aromatic N) is 4. The first kappa shape index (κ1) is 28.0. The number of thioether (sulfide) groups is 1. The number of benzene rings is 3. The quantitative estimate of drug-likeness (QED) is 0.148. The van der Waals surface area contributed by atoms with Crippen molar-refractivity contribution in [2.24, 2.45) is 0 Å². The number of hydrogen-bond acceptors (Lipinski definition) is 6. The van der Waals surface area contributed by atoms with Crippen molar-refractivity contribution in [1.82, 2.24) is 19.3 Å². The molecular formula is C31H29FN4O4S. The molecule has 0 atom stereocenters. The van der Waals surface area contributed by atoms with E-state index in [1.807, 2.05) is 54.8 Å². The van der Waals surface area contributed by atoms with Crippen LogP contribution in [0.3, 0.4) is 0 Å². The van der Waals surface area contributed by atoms with Crippen molar-refractivity contribution in [3.63, 3.8) is 0 Å². The second-order valence-electron chi connectivity index (χ2n) is 9.30. The normalized spacial score (nSPS) is 11.7. The molecule has 0 aliphatic heterocycles. The van der Waals surface area contributed by atoms with Crippen LogP contribution in [0, 0.1) is 12.7 Å². The lowest BCUT2D eigenvalue weighted by Gasteiger charge is -2.11. The van der Waals surface area contributed by atoms with E-state index in [0.717, 1.165) is 45.0 Å². The molecule has 41 heavy (non-hydrogen) atoms. The summed E-state index contributed by atoms with van der Waals surface area (Å²) in [5.41, 5.74) is 4.34. The van der Waals surface area contributed by atoms with Gasteiger partial charge in [0.05, 0.1) is 14.2 Å². The van der Waals surface area contributed by atoms with Crippen molar-refractivity contribution >= 4 is 34.7 Å². The second-order valence-corrected chi connectivity index (χ2v) is 10.3. The average molecular weight is 573 g/mol. The molecule has 1 N–H and O–H groups in total. The fraction of sp³-hybridized carbons (Fsp3) is 0.194. The van der Waals surface area contributed by atoms with E-state index >= 15 is 0 Å². The smallest absolute Gasteiger partial charge is 0.342 e. The summed E-state index contributed by atoms with van der Waals surface area (Å²) in [4.78, 5) is 12.6. The molecule has 0 saturated carbocycles. The van der Waals surface area contributed by atoms with Crippen molar-refractivity contribution in [2.45, 2.75) is 32.1 Å². The molecule has 3 aromatic carbocycles. The van der Waals surface area contributed by atoms with Gasteiger partial charge in [-0.2, -0.15) is 0 Å². The standard InChI is InChI=1S/C31H29FN4O4S/c1-5-35-29(21-14-23(39-3)16-24(15-21)40-4)33-34-31(35)41-28(30(37)38)17-26-19(2)36(27-9-7-6-8-25(26)27)18-20-10-12-22(32)13-11-20/h6-17H,5,18H2,1-4H3,(H,37,38)/b28-17-. The van der Waals surface area contributed by atoms with Gasteiger partial charge in [-0.05, 0) is 67.6 Å². The minimum Gasteiger partial charge on any atom is -0.497 e. The third-order valence-corrected chi connectivity index (χ3v) is 7.86. The maximum atomic E-state index is 13.5. The number of hydrogen-bond donors (Lipinski definition) is 1. The van der Waals surface area contributed by atoms with Crippen LogP contribution < -0.4 is 9.47 Å². The fourth-order valence-corrected chi connectivity index (χ4v) is 5.65. The van der Waals surface area contributed by atoms with Gasteiger partial charge in [0.15, 0.2) is 11.0 Å². The Morgan fingerprint density at radius 3 is 2.32 bits per heavy atom. The van der Waals surface area contributed by atoms with E-state index in [4.69, 9.17) is 9.47 Å². The van der Waals surface area contributed by atoms with Crippen molar-refractivity contribution in [3.8, 4) is 22.9 Å². The molecule has 210 valence electrons. The molecule has 0 unspecified atom stereocenters. The zero-order valence-electron chi connectivity index (χ0n) is 23.1. The van der Waals surface area contributed by atoms with Crippen LogP contribution in [-0.4, -0.2) is 44.6 Å². The molecule has 0 bridgehead atoms. The van der Waals surface area contributed by atoms with Crippen LogP contribution in [0.4, 0.5) is 4.39 Å². The molecular weight excluding hydrogens is 543 g/mol. The molecule has 0 aliphatic rings. The SMILES string of the molecule is CCn1c(S/C(=C\c2c(C)n(Cc3ccc(F)cc3)c3ccccc23)C(=O)O)nnc1-c1cc(OC)cc(OC)c1. The minimum atomic E-state index is -1.07. The van der Waals surface area contributed by atoms with E-state index in [-0.39, 0.29) is 10.7 Å². The van der Waals surface area contributed by atoms with E-state index in [9.17, 15) is 14.3 Å². The number of aliphatic carboxylic acids is 1. The Hall–Kier alpha value is -4.57. The highest BCUT2D eigenvalue weighted by atomic mass is 32.2. The Morgan fingerprint density at radius 1 is 1.00 bits per heavy atom. The van der Waals surface area contributed by atoms with Gasteiger partial charge in [-0.15, -0.1) is 10.2 Å². The Bertz CT molecular complexity index is 1740. The highest BCUT2D eigenvalue weighted by Crippen LogP contribution is 2.35. The zero-order chi connectivity index (χ0) is 29.1. The van der Waals surface area contributed by atoms with Crippen LogP contribution in [0.1, 0.15) is 23.7 Å². The largest absolute Gasteiger partial charge is 0.497 e. The maximum Gasteiger partial charge on any atom is 0.342 e. The zero-order valence-corrected chi connectivity index (χ0v) is 23.9. The predicted octanol–water partition coefficient (Wildman–Crippen LogP) is 6.65. The summed E-state index contributed by atoms with van der Waals surface area (Å²) in [6.45, 7) is 4.95. The topological polar surface area (TPSA) is 91.4 Å². The van der Waals surface area contributed by atoms with Gasteiger partial charge in [0.1, 0.15) is 22.2 Å². The highest BCUT2D eigenvalue weighted by molar-refractivity contribution is 8.04. The summed E-state index contributed by atoms with van der Waals surface area (Å²) in [5.74, 6) is 0.433. The van der Waals surface area contributed by atoms with Crippen LogP contribution >= 0.6 is 11.8 Å². The Morgan fingerprint density at radius 2 is 1.68 bits per heavy atom. The molecule has 8 nitrogen and oxygen atoms in total. The number of carbonyl (C=O) groups is 1. The summed E-state index contributed by atoms with van der Waals surface area (Å²) >= 11 is 1.05. The molecule has 0 spiro atoms. The molecule has 2 aromatic heterocycles. The number of halogens is 1. The molecule has 0 amide bonds. The van der Waals surface area contributed by atoms with Crippen molar-refractivity contribution in [3.05, 3.63) is 94.3 Å². The number of aromatic nitrogens is 4. The number of fused-ring (bicyclic) bond motifs is 1. The maximum absolute atomic E-state index is 13.5. The first-order valence-corrected chi connectivity index (χ1v) is 13.8. The first-order chi connectivity index (χ1) is 19.8. The van der Waals surface area contributed by atoms with Gasteiger partial charge in [0, 0.05) is 46.9 Å². The summed E-state index contributed by atoms with van der Waals surface area (Å²) in [7, 11) is 3.15. The number of carboxylic acid groups (broad SMARTS) is 1. The third-order valence-electron chi connectivity index (χ3n) is 6.86. The second kappa shape index (κ2) is 11.9. The van der Waals surface area contributed by atoms with E-state index in [1.54, 1.807) is 38.5 Å². The fourth-order valence-electron chi connectivity index (χ4n) is 4.78. The Labute approximate surface area is 241 Å². The first-order valence-electron chi connectivity index (χ1n) is 12.9. The Balaban J connectivity index is 1.55. The van der Waals surface area contributed by atoms with Gasteiger partial charge in [-0.25, -0.2) is 9.18 Å². The van der Waals surface area contributed by atoms with Gasteiger partial charge in [0.2, 0.25) is 0 Å². The average Bonchev–Trinajstić information content (AvgIpc) is 3.51. The van der Waals surface area contributed by atoms with E-state index < -0.39 is 5.97 Å². The highest BCUT2D eigenvalue weighted by Gasteiger charge is 2.21. The summed E-state index contributed by atoms with van der Waals surface area (Å²) in [5, 5.41) is 20.3. The van der Waals surface area contributed by atoms with E-state index in [0.29, 0.717) is 35.6 Å². The van der Waals surface area contributed by atoms with Gasteiger partial charge < -0.3 is 23.7 Å². The molecule has 0 saturated heterocycles. The number of ether oxygens (including phenoxy) is 2. The van der Waals surface area contributed by atoms with Crippen LogP contribution in [0.5, 0.6) is 11.5 Å².